The van der Waals surface area contributed by atoms with Gasteiger partial charge in [0.2, 0.25) is 0 Å². The predicted molar refractivity (Wildman–Crippen MR) is 99.9 cm³/mol. The van der Waals surface area contributed by atoms with E-state index in [1.54, 1.807) is 11.1 Å². The van der Waals surface area contributed by atoms with Crippen molar-refractivity contribution in [3.05, 3.63) is 46.6 Å². The first-order valence-electron chi connectivity index (χ1n) is 8.84. The normalized spacial score (nSPS) is 28.5. The van der Waals surface area contributed by atoms with E-state index in [0.717, 1.165) is 0 Å². The van der Waals surface area contributed by atoms with Gasteiger partial charge in [-0.1, -0.05) is 0 Å². The third kappa shape index (κ3) is 3.56. The van der Waals surface area contributed by atoms with Crippen molar-refractivity contribution in [3.8, 4) is 0 Å². The Bertz CT molecular complexity index is 540. The van der Waals surface area contributed by atoms with Crippen LogP contribution in [0.3, 0.4) is 0 Å². The smallest absolute Gasteiger partial charge is 1.00 e. The first-order valence-corrected chi connectivity index (χ1v) is 17.8. The number of hydrogen-bond acceptors (Lipinski definition) is 0. The molecule has 2 unspecified atom stereocenters. The molecule has 0 N–H and O–H groups in total. The van der Waals surface area contributed by atoms with Crippen LogP contribution in [0.5, 0.6) is 0 Å². The quantitative estimate of drug-likeness (QED) is 0.559. The molecular formula is C20H33F2SiZr. The van der Waals surface area contributed by atoms with E-state index < -0.39 is 26.8 Å². The van der Waals surface area contributed by atoms with Gasteiger partial charge in [-0.15, -0.1) is 0 Å². The van der Waals surface area contributed by atoms with Gasteiger partial charge in [0, 0.05) is 0 Å². The van der Waals surface area contributed by atoms with Crippen LogP contribution in [0, 0.1) is 0 Å². The second-order valence-electron chi connectivity index (χ2n) is 7.61. The zero-order chi connectivity index (χ0) is 16.7. The van der Waals surface area contributed by atoms with Crippen LogP contribution in [0.2, 0.25) is 18.3 Å². The summed E-state index contributed by atoms with van der Waals surface area (Å²) < 4.78 is 0.862. The summed E-state index contributed by atoms with van der Waals surface area (Å²) in [5.74, 6) is -0.653. The molecule has 2 atom stereocenters. The number of halogens is 2. The second kappa shape index (κ2) is 8.54. The van der Waals surface area contributed by atoms with E-state index in [1.165, 1.54) is 23.2 Å². The molecule has 0 radical (unpaired) electrons. The Morgan fingerprint density at radius 2 is 1.12 bits per heavy atom. The average molecular weight is 431 g/mol. The number of hydrogen-bond donors (Lipinski definition) is 0. The first kappa shape index (κ1) is 23.9. The monoisotopic (exact) mass is 429 g/mol. The minimum atomic E-state index is -1.77. The maximum atomic E-state index is 2.61. The average Bonchev–Trinajstić information content (AvgIpc) is 2.91. The Hall–Kier alpha value is -0.0800. The Morgan fingerprint density at radius 3 is 1.33 bits per heavy atom. The largest absolute Gasteiger partial charge is 1.00 e. The van der Waals surface area contributed by atoms with E-state index in [-0.39, 0.29) is 9.41 Å². The summed E-state index contributed by atoms with van der Waals surface area (Å²) >= 11 is -1.77. The fraction of sp³-hybridized carbons (Fsp3) is 0.600. The summed E-state index contributed by atoms with van der Waals surface area (Å²) in [6, 6.07) is 2.97. The third-order valence-corrected chi connectivity index (χ3v) is 36.7. The van der Waals surface area contributed by atoms with Crippen molar-refractivity contribution < 1.29 is 30.3 Å². The van der Waals surface area contributed by atoms with E-state index in [2.05, 4.69) is 79.7 Å². The third-order valence-electron chi connectivity index (χ3n) is 6.59. The summed E-state index contributed by atoms with van der Waals surface area (Å²) in [5, 5.41) is 0. The molecule has 0 aromatic heterocycles. The Morgan fingerprint density at radius 1 is 0.792 bits per heavy atom. The van der Waals surface area contributed by atoms with Crippen LogP contribution in [0.4, 0.5) is 0 Å². The van der Waals surface area contributed by atoms with Crippen LogP contribution in [-0.2, 0) is 20.9 Å². The predicted octanol–water partition coefficient (Wildman–Crippen LogP) is 0.546. The van der Waals surface area contributed by atoms with Gasteiger partial charge in [-0.2, -0.15) is 0 Å². The molecular weight excluding hydrogens is 398 g/mol. The van der Waals surface area contributed by atoms with Crippen molar-refractivity contribution in [2.45, 2.75) is 73.7 Å². The van der Waals surface area contributed by atoms with Gasteiger partial charge in [-0.05, 0) is 0 Å². The van der Waals surface area contributed by atoms with Crippen LogP contribution in [0.1, 0.15) is 55.4 Å². The standard InChI is InChI=1S/2C8H11.C4H11Si.2FH.Zr/c2*1-6-4-5-7(2)8(6)3;1-3-5-4-2;;;/h2*4-5H,1-3H3;5H,3-4H2,1-2H3;2*1H;/q;;;;;+2/p-2. The van der Waals surface area contributed by atoms with Crippen LogP contribution in [0.15, 0.2) is 46.6 Å². The topological polar surface area (TPSA) is 0 Å². The molecule has 0 spiro atoms. The second-order valence-corrected chi connectivity index (χ2v) is 27.2. The van der Waals surface area contributed by atoms with Gasteiger partial charge >= 0.3 is 147 Å². The van der Waals surface area contributed by atoms with Gasteiger partial charge in [-0.3, -0.25) is 0 Å². The molecule has 0 heterocycles. The molecule has 0 saturated carbocycles. The van der Waals surface area contributed by atoms with Crippen LogP contribution < -0.4 is 9.41 Å². The fourth-order valence-electron chi connectivity index (χ4n) is 4.57. The van der Waals surface area contributed by atoms with Gasteiger partial charge in [-0.25, -0.2) is 0 Å². The molecule has 2 rings (SSSR count). The molecule has 24 heavy (non-hydrogen) atoms. The van der Waals surface area contributed by atoms with Gasteiger partial charge in [0.05, 0.1) is 0 Å². The summed E-state index contributed by atoms with van der Waals surface area (Å²) in [7, 11) is 0. The van der Waals surface area contributed by atoms with E-state index in [0.29, 0.717) is 6.25 Å². The molecule has 0 amide bonds. The summed E-state index contributed by atoms with van der Waals surface area (Å²) in [6.07, 6.45) is 10.1. The molecule has 0 aromatic rings. The van der Waals surface area contributed by atoms with Gasteiger partial charge in [0.15, 0.2) is 0 Å². The molecule has 2 aliphatic carbocycles. The van der Waals surface area contributed by atoms with E-state index in [9.17, 15) is 0 Å². The van der Waals surface area contributed by atoms with Crippen LogP contribution in [-0.4, -0.2) is 5.92 Å². The number of allylic oxidation sites excluding steroid dienone is 8. The van der Waals surface area contributed by atoms with Crippen LogP contribution >= 0.6 is 0 Å². The summed E-state index contributed by atoms with van der Waals surface area (Å²) in [4.78, 5) is 0. The Kier molecular flexibility index (Phi) is 8.51. The minimum Gasteiger partial charge on any atom is -1.00 e. The van der Waals surface area contributed by atoms with Crippen molar-refractivity contribution in [1.82, 2.24) is 0 Å². The molecule has 0 nitrogen and oxygen atoms in total. The summed E-state index contributed by atoms with van der Waals surface area (Å²) in [5.41, 5.74) is 6.44. The van der Waals surface area contributed by atoms with Gasteiger partial charge in [0.25, 0.3) is 0 Å². The molecule has 0 bridgehead atoms. The fourth-order valence-corrected chi connectivity index (χ4v) is 36.8. The molecule has 0 aliphatic heterocycles. The molecule has 0 aromatic carbocycles. The molecule has 4 heteroatoms. The summed E-state index contributed by atoms with van der Waals surface area (Å²) in [6.45, 7) is 19.6. The molecule has 0 saturated heterocycles. The van der Waals surface area contributed by atoms with Crippen LogP contribution in [0.25, 0.3) is 0 Å². The first-order chi connectivity index (χ1) is 10.2. The van der Waals surface area contributed by atoms with Crippen molar-refractivity contribution in [1.29, 1.82) is 0 Å². The van der Waals surface area contributed by atoms with Gasteiger partial charge in [0.1, 0.15) is 0 Å². The van der Waals surface area contributed by atoms with Crippen molar-refractivity contribution >= 4 is 5.92 Å². The van der Waals surface area contributed by atoms with Gasteiger partial charge < -0.3 is 9.41 Å². The van der Waals surface area contributed by atoms with Crippen molar-refractivity contribution in [2.75, 3.05) is 0 Å². The minimum absolute atomic E-state index is 0. The maximum Gasteiger partial charge on any atom is -1.00 e. The van der Waals surface area contributed by atoms with E-state index in [4.69, 9.17) is 0 Å². The van der Waals surface area contributed by atoms with Crippen molar-refractivity contribution in [2.24, 2.45) is 0 Å². The zero-order valence-electron chi connectivity index (χ0n) is 16.6. The van der Waals surface area contributed by atoms with E-state index >= 15 is 0 Å². The van der Waals surface area contributed by atoms with Crippen molar-refractivity contribution in [3.63, 3.8) is 0 Å². The Balaban J connectivity index is 0.00000264. The molecule has 135 valence electrons. The maximum absolute atomic E-state index is 2.61. The Labute approximate surface area is 156 Å². The zero-order valence-corrected chi connectivity index (χ0v) is 20.2. The SMILES string of the molecule is CC[SiH](CC)[Zr+2]([C]1(C)C=CC(C)=C1C)[C]1(C)C=CC(C)=C1C.[F-].[F-]. The number of rotatable bonds is 5. The molecule has 0 fully saturated rings. The van der Waals surface area contributed by atoms with E-state index in [1.807, 2.05) is 0 Å². The molecule has 2 aliphatic rings.